The van der Waals surface area contributed by atoms with Gasteiger partial charge in [0.15, 0.2) is 6.29 Å². The zero-order valence-corrected chi connectivity index (χ0v) is 15.3. The molecule has 0 aromatic carbocycles. The highest BCUT2D eigenvalue weighted by Gasteiger charge is 2.47. The summed E-state index contributed by atoms with van der Waals surface area (Å²) in [5, 5.41) is 49.8. The van der Waals surface area contributed by atoms with Crippen molar-refractivity contribution >= 4 is 0 Å². The van der Waals surface area contributed by atoms with Gasteiger partial charge < -0.3 is 49.2 Å². The van der Waals surface area contributed by atoms with Crippen LogP contribution in [-0.2, 0) is 33.5 Å². The minimum atomic E-state index is -1.51. The summed E-state index contributed by atoms with van der Waals surface area (Å²) in [7, 11) is 4.00. The zero-order chi connectivity index (χ0) is 20.1. The van der Waals surface area contributed by atoms with Crippen LogP contribution in [-0.4, -0.2) is 121 Å². The largest absolute Gasteiger partial charge is 0.387 e. The van der Waals surface area contributed by atoms with E-state index in [-0.39, 0.29) is 13.2 Å². The third-order valence-corrected chi connectivity index (χ3v) is 4.54. The van der Waals surface area contributed by atoms with Crippen LogP contribution in [0.5, 0.6) is 0 Å². The second-order valence-corrected chi connectivity index (χ2v) is 6.31. The minimum Gasteiger partial charge on any atom is -0.387 e. The summed E-state index contributed by atoms with van der Waals surface area (Å²) in [5.74, 6) is 0. The van der Waals surface area contributed by atoms with E-state index in [2.05, 4.69) is 0 Å². The maximum atomic E-state index is 10.2. The van der Waals surface area contributed by atoms with Crippen LogP contribution in [0.25, 0.3) is 0 Å². The van der Waals surface area contributed by atoms with Gasteiger partial charge in [-0.1, -0.05) is 0 Å². The molecule has 5 N–H and O–H groups in total. The number of aliphatic hydroxyl groups is 5. The molecule has 10 unspecified atom stereocenters. The Bertz CT molecular complexity index is 437. The molecule has 0 amide bonds. The number of rotatable bonds is 8. The van der Waals surface area contributed by atoms with Crippen molar-refractivity contribution in [1.29, 1.82) is 0 Å². The van der Waals surface area contributed by atoms with Crippen LogP contribution >= 0.6 is 0 Å². The Kier molecular flexibility index (Phi) is 8.73. The molecule has 12 nitrogen and oxygen atoms in total. The summed E-state index contributed by atoms with van der Waals surface area (Å²) in [4.78, 5) is 10.0. The maximum Gasteiger partial charge on any atom is 0.220 e. The van der Waals surface area contributed by atoms with Gasteiger partial charge in [-0.3, -0.25) is 0 Å². The van der Waals surface area contributed by atoms with Crippen LogP contribution in [0.3, 0.4) is 0 Å². The lowest BCUT2D eigenvalue weighted by molar-refractivity contribution is -0.436. The van der Waals surface area contributed by atoms with Gasteiger partial charge in [0.1, 0.15) is 55.4 Å². The molecule has 0 aromatic heterocycles. The molecule has 0 aromatic rings. The summed E-state index contributed by atoms with van der Waals surface area (Å²) in [6.07, 6.45) is -12.3. The van der Waals surface area contributed by atoms with Crippen molar-refractivity contribution < 1.29 is 59.0 Å². The maximum absolute atomic E-state index is 10.2. The molecule has 12 heteroatoms. The normalized spacial score (nSPS) is 45.8. The number of ether oxygens (including phenoxy) is 5. The van der Waals surface area contributed by atoms with Crippen molar-refractivity contribution in [2.75, 3.05) is 34.5 Å². The molecule has 0 radical (unpaired) electrons. The second kappa shape index (κ2) is 10.3. The first-order chi connectivity index (χ1) is 12.8. The number of methoxy groups -OCH3 is 3. The summed E-state index contributed by atoms with van der Waals surface area (Å²) in [6, 6.07) is 0. The first-order valence-corrected chi connectivity index (χ1v) is 8.39. The fraction of sp³-hybridized carbons (Fsp3) is 1.00. The molecule has 160 valence electrons. The van der Waals surface area contributed by atoms with E-state index in [1.54, 1.807) is 0 Å². The van der Waals surface area contributed by atoms with Crippen molar-refractivity contribution in [1.82, 2.24) is 0 Å². The Balaban J connectivity index is 1.91. The molecule has 0 aliphatic carbocycles. The average Bonchev–Trinajstić information content (AvgIpc) is 2.65. The molecule has 2 aliphatic rings. The molecule has 2 rings (SSSR count). The molecule has 2 heterocycles. The van der Waals surface area contributed by atoms with E-state index in [0.717, 1.165) is 0 Å². The van der Waals surface area contributed by atoms with E-state index in [0.29, 0.717) is 0 Å². The number of hydrogen-bond donors (Lipinski definition) is 5. The number of aliphatic hydroxyl groups excluding tert-OH is 5. The molecule has 2 fully saturated rings. The Morgan fingerprint density at radius 3 is 1.89 bits per heavy atom. The molecular formula is C15H28O12. The Labute approximate surface area is 156 Å². The van der Waals surface area contributed by atoms with E-state index in [1.165, 1.54) is 21.3 Å². The van der Waals surface area contributed by atoms with Crippen LogP contribution < -0.4 is 0 Å². The van der Waals surface area contributed by atoms with Gasteiger partial charge in [0.2, 0.25) is 6.29 Å². The molecule has 0 saturated carbocycles. The van der Waals surface area contributed by atoms with Gasteiger partial charge in [0, 0.05) is 21.3 Å². The van der Waals surface area contributed by atoms with Gasteiger partial charge in [0.05, 0.1) is 6.61 Å². The van der Waals surface area contributed by atoms with Crippen LogP contribution in [0, 0.1) is 0 Å². The smallest absolute Gasteiger partial charge is 0.220 e. The monoisotopic (exact) mass is 400 g/mol. The first kappa shape index (κ1) is 22.8. The Hall–Kier alpha value is -0.480. The lowest BCUT2D eigenvalue weighted by Gasteiger charge is -2.41. The summed E-state index contributed by atoms with van der Waals surface area (Å²) < 4.78 is 25.6. The molecular weight excluding hydrogens is 372 g/mol. The van der Waals surface area contributed by atoms with E-state index < -0.39 is 61.4 Å². The highest BCUT2D eigenvalue weighted by molar-refractivity contribution is 4.90. The van der Waals surface area contributed by atoms with Crippen molar-refractivity contribution in [2.24, 2.45) is 0 Å². The van der Waals surface area contributed by atoms with Crippen LogP contribution in [0.1, 0.15) is 0 Å². The lowest BCUT2D eigenvalue weighted by Crippen LogP contribution is -2.60. The SMILES string of the molecule is COCC1OC(OOCC2OC(OC)C(O)C(O)C2O)C(O)C(OC)C1O. The molecule has 0 bridgehead atoms. The van der Waals surface area contributed by atoms with E-state index in [1.807, 2.05) is 0 Å². The topological polar surface area (TPSA) is 166 Å². The number of hydrogen-bond acceptors (Lipinski definition) is 12. The predicted molar refractivity (Wildman–Crippen MR) is 84.1 cm³/mol. The van der Waals surface area contributed by atoms with Crippen LogP contribution in [0.15, 0.2) is 0 Å². The van der Waals surface area contributed by atoms with Crippen molar-refractivity contribution in [3.05, 3.63) is 0 Å². The molecule has 2 saturated heterocycles. The van der Waals surface area contributed by atoms with Gasteiger partial charge in [-0.25, -0.2) is 9.78 Å². The molecule has 10 atom stereocenters. The van der Waals surface area contributed by atoms with Gasteiger partial charge in [0.25, 0.3) is 0 Å². The quantitative estimate of drug-likeness (QED) is 0.202. The third kappa shape index (κ3) is 5.12. The zero-order valence-electron chi connectivity index (χ0n) is 15.3. The summed E-state index contributed by atoms with van der Waals surface area (Å²) in [6.45, 7) is -0.343. The fourth-order valence-corrected chi connectivity index (χ4v) is 2.98. The van der Waals surface area contributed by atoms with Crippen molar-refractivity contribution in [2.45, 2.75) is 61.4 Å². The van der Waals surface area contributed by atoms with E-state index in [9.17, 15) is 25.5 Å². The van der Waals surface area contributed by atoms with Gasteiger partial charge in [-0.15, -0.1) is 0 Å². The summed E-state index contributed by atoms with van der Waals surface area (Å²) in [5.41, 5.74) is 0. The van der Waals surface area contributed by atoms with Crippen molar-refractivity contribution in [3.8, 4) is 0 Å². The average molecular weight is 400 g/mol. The highest BCUT2D eigenvalue weighted by atomic mass is 17.2. The van der Waals surface area contributed by atoms with Crippen molar-refractivity contribution in [3.63, 3.8) is 0 Å². The van der Waals surface area contributed by atoms with E-state index >= 15 is 0 Å². The van der Waals surface area contributed by atoms with Crippen LogP contribution in [0.2, 0.25) is 0 Å². The third-order valence-electron chi connectivity index (χ3n) is 4.54. The Morgan fingerprint density at radius 2 is 1.30 bits per heavy atom. The highest BCUT2D eigenvalue weighted by Crippen LogP contribution is 2.26. The molecule has 0 spiro atoms. The molecule has 27 heavy (non-hydrogen) atoms. The molecule has 2 aliphatic heterocycles. The van der Waals surface area contributed by atoms with Gasteiger partial charge in [-0.2, -0.15) is 0 Å². The first-order valence-electron chi connectivity index (χ1n) is 8.39. The van der Waals surface area contributed by atoms with E-state index in [4.69, 9.17) is 33.5 Å². The minimum absolute atomic E-state index is 0.0255. The second-order valence-electron chi connectivity index (χ2n) is 6.31. The van der Waals surface area contributed by atoms with Gasteiger partial charge in [-0.05, 0) is 0 Å². The lowest BCUT2D eigenvalue weighted by atomic mass is 9.99. The van der Waals surface area contributed by atoms with Gasteiger partial charge >= 0.3 is 0 Å². The Morgan fingerprint density at radius 1 is 0.667 bits per heavy atom. The van der Waals surface area contributed by atoms with Crippen LogP contribution in [0.4, 0.5) is 0 Å². The summed E-state index contributed by atoms with van der Waals surface area (Å²) >= 11 is 0. The predicted octanol–water partition coefficient (Wildman–Crippen LogP) is -3.50. The fourth-order valence-electron chi connectivity index (χ4n) is 2.98. The standard InChI is InChI=1S/C15H28O12/c1-21-4-6-9(17)13(22-2)12(20)15(26-6)27-24-5-7-8(16)10(18)11(19)14(23-3)25-7/h6-20H,4-5H2,1-3H3.